The molecule has 1 unspecified atom stereocenters. The molecule has 3 amide bonds. The van der Waals surface area contributed by atoms with E-state index < -0.39 is 23.6 Å². The molecule has 2 N–H and O–H groups in total. The number of halogens is 3. The first-order chi connectivity index (χ1) is 13.1. The third-order valence-corrected chi connectivity index (χ3v) is 4.84. The summed E-state index contributed by atoms with van der Waals surface area (Å²) in [7, 11) is 0. The Morgan fingerprint density at radius 2 is 1.71 bits per heavy atom. The van der Waals surface area contributed by atoms with Crippen molar-refractivity contribution in [2.24, 2.45) is 5.92 Å². The second kappa shape index (κ2) is 9.07. The van der Waals surface area contributed by atoms with Crippen LogP contribution in [0.15, 0.2) is 24.3 Å². The van der Waals surface area contributed by atoms with Crippen molar-refractivity contribution in [1.29, 1.82) is 0 Å². The van der Waals surface area contributed by atoms with Crippen molar-refractivity contribution in [3.05, 3.63) is 29.8 Å². The van der Waals surface area contributed by atoms with Crippen LogP contribution in [0.3, 0.4) is 0 Å². The quantitative estimate of drug-likeness (QED) is 0.743. The highest BCUT2D eigenvalue weighted by atomic mass is 19.4. The molecule has 0 aromatic heterocycles. The topological polar surface area (TPSA) is 78.5 Å². The van der Waals surface area contributed by atoms with Crippen molar-refractivity contribution in [2.75, 3.05) is 18.4 Å². The third-order valence-electron chi connectivity index (χ3n) is 4.84. The van der Waals surface area contributed by atoms with Crippen LogP contribution < -0.4 is 10.6 Å². The van der Waals surface area contributed by atoms with Gasteiger partial charge in [0.25, 0.3) is 5.78 Å². The number of carbonyl (C=O) groups excluding carboxylic acids is 3. The summed E-state index contributed by atoms with van der Waals surface area (Å²) in [5.74, 6) is -1.82. The Morgan fingerprint density at radius 3 is 2.21 bits per heavy atom. The highest BCUT2D eigenvalue weighted by Gasteiger charge is 2.39. The molecule has 28 heavy (non-hydrogen) atoms. The van der Waals surface area contributed by atoms with Gasteiger partial charge < -0.3 is 15.5 Å². The van der Waals surface area contributed by atoms with Crippen molar-refractivity contribution in [1.82, 2.24) is 10.2 Å². The number of nitrogens with one attached hydrogen (secondary N) is 2. The molecule has 1 aromatic rings. The number of rotatable bonds is 5. The number of anilines is 1. The van der Waals surface area contributed by atoms with Gasteiger partial charge in [0, 0.05) is 36.3 Å². The van der Waals surface area contributed by atoms with Gasteiger partial charge in [0.05, 0.1) is 0 Å². The minimum Gasteiger partial charge on any atom is -0.342 e. The van der Waals surface area contributed by atoms with Gasteiger partial charge in [0.1, 0.15) is 0 Å². The van der Waals surface area contributed by atoms with Gasteiger partial charge in [-0.25, -0.2) is 4.79 Å². The number of carbonyl (C=O) groups is 3. The van der Waals surface area contributed by atoms with E-state index in [4.69, 9.17) is 0 Å². The first-order valence-corrected chi connectivity index (χ1v) is 9.19. The maximum atomic E-state index is 12.4. The van der Waals surface area contributed by atoms with E-state index in [1.54, 1.807) is 4.90 Å². The van der Waals surface area contributed by atoms with Crippen molar-refractivity contribution in [3.63, 3.8) is 0 Å². The number of piperidine rings is 1. The highest BCUT2D eigenvalue weighted by molar-refractivity contribution is 6.00. The maximum Gasteiger partial charge on any atom is 0.454 e. The molecule has 0 bridgehead atoms. The second-order valence-corrected chi connectivity index (χ2v) is 6.91. The number of hydrogen-bond donors (Lipinski definition) is 2. The Bertz CT molecular complexity index is 711. The summed E-state index contributed by atoms with van der Waals surface area (Å²) < 4.78 is 37.2. The fourth-order valence-corrected chi connectivity index (χ4v) is 2.95. The second-order valence-electron chi connectivity index (χ2n) is 6.91. The molecular weight excluding hydrogens is 375 g/mol. The molecule has 9 heteroatoms. The van der Waals surface area contributed by atoms with Crippen LogP contribution in [-0.4, -0.2) is 47.9 Å². The van der Waals surface area contributed by atoms with E-state index in [9.17, 15) is 27.6 Å². The molecule has 0 spiro atoms. The molecule has 1 aliphatic rings. The summed E-state index contributed by atoms with van der Waals surface area (Å²) in [6.07, 6.45) is -2.88. The minimum atomic E-state index is -4.93. The van der Waals surface area contributed by atoms with Gasteiger partial charge >= 0.3 is 12.2 Å². The highest BCUT2D eigenvalue weighted by Crippen LogP contribution is 2.22. The average Bonchev–Trinajstić information content (AvgIpc) is 2.66. The van der Waals surface area contributed by atoms with Crippen molar-refractivity contribution in [2.45, 2.75) is 45.3 Å². The predicted molar refractivity (Wildman–Crippen MR) is 98.0 cm³/mol. The van der Waals surface area contributed by atoms with Crippen LogP contribution in [0, 0.1) is 5.92 Å². The molecule has 0 radical (unpaired) electrons. The minimum absolute atomic E-state index is 0.0139. The predicted octanol–water partition coefficient (Wildman–Crippen LogP) is 3.59. The van der Waals surface area contributed by atoms with Crippen LogP contribution in [0.2, 0.25) is 0 Å². The number of benzene rings is 1. The SMILES string of the molecule is CCC(C)C(=O)N1CCC(NC(=O)Nc2ccc(C(=O)C(F)(F)F)cc2)CC1. The van der Waals surface area contributed by atoms with Crippen LogP contribution in [0.25, 0.3) is 0 Å². The lowest BCUT2D eigenvalue weighted by molar-refractivity contribution is -0.136. The largest absolute Gasteiger partial charge is 0.454 e. The number of amides is 3. The van der Waals surface area contributed by atoms with E-state index in [0.717, 1.165) is 18.6 Å². The summed E-state index contributed by atoms with van der Waals surface area (Å²) in [5, 5.41) is 5.33. The van der Waals surface area contributed by atoms with Gasteiger partial charge in [-0.2, -0.15) is 13.2 Å². The molecule has 154 valence electrons. The standard InChI is InChI=1S/C19H24F3N3O3/c1-3-12(2)17(27)25-10-8-15(9-11-25)24-18(28)23-14-6-4-13(5-7-14)16(26)19(20,21)22/h4-7,12,15H,3,8-11H2,1-2H3,(H2,23,24,28). The molecule has 0 saturated carbocycles. The van der Waals surface area contributed by atoms with Gasteiger partial charge in [0.15, 0.2) is 0 Å². The maximum absolute atomic E-state index is 12.4. The lowest BCUT2D eigenvalue weighted by Crippen LogP contribution is -2.48. The summed E-state index contributed by atoms with van der Waals surface area (Å²) in [6.45, 7) is 5.01. The molecule has 6 nitrogen and oxygen atoms in total. The van der Waals surface area contributed by atoms with Crippen molar-refractivity contribution in [3.8, 4) is 0 Å². The van der Waals surface area contributed by atoms with Crippen molar-refractivity contribution < 1.29 is 27.6 Å². The Morgan fingerprint density at radius 1 is 1.14 bits per heavy atom. The normalized spacial score (nSPS) is 16.4. The summed E-state index contributed by atoms with van der Waals surface area (Å²) in [6, 6.07) is 3.95. The molecule has 1 atom stereocenters. The molecule has 0 aliphatic carbocycles. The van der Waals surface area contributed by atoms with Crippen molar-refractivity contribution >= 4 is 23.4 Å². The molecular formula is C19H24F3N3O3. The first-order valence-electron chi connectivity index (χ1n) is 9.19. The number of nitrogens with zero attached hydrogens (tertiary/aromatic N) is 1. The van der Waals surface area contributed by atoms with Gasteiger partial charge in [-0.1, -0.05) is 13.8 Å². The summed E-state index contributed by atoms with van der Waals surface area (Å²) >= 11 is 0. The fraction of sp³-hybridized carbons (Fsp3) is 0.526. The van der Waals surface area contributed by atoms with E-state index in [0.29, 0.717) is 25.9 Å². The molecule has 1 aliphatic heterocycles. The number of urea groups is 1. The summed E-state index contributed by atoms with van der Waals surface area (Å²) in [5.41, 5.74) is -0.211. The van der Waals surface area contributed by atoms with Gasteiger partial charge in [-0.05, 0) is 43.5 Å². The van der Waals surface area contributed by atoms with Crippen LogP contribution in [0.5, 0.6) is 0 Å². The van der Waals surface area contributed by atoms with E-state index in [1.807, 2.05) is 13.8 Å². The van der Waals surface area contributed by atoms with Crippen LogP contribution in [0.1, 0.15) is 43.5 Å². The lowest BCUT2D eigenvalue weighted by Gasteiger charge is -2.33. The molecule has 2 rings (SSSR count). The van der Waals surface area contributed by atoms with Crippen LogP contribution >= 0.6 is 0 Å². The Kier molecular flexibility index (Phi) is 7.04. The lowest BCUT2D eigenvalue weighted by atomic mass is 10.0. The number of likely N-dealkylation sites (tertiary alicyclic amines) is 1. The Labute approximate surface area is 161 Å². The van der Waals surface area contributed by atoms with E-state index >= 15 is 0 Å². The average molecular weight is 399 g/mol. The van der Waals surface area contributed by atoms with Gasteiger partial charge in [0.2, 0.25) is 5.91 Å². The zero-order chi connectivity index (χ0) is 20.9. The van der Waals surface area contributed by atoms with E-state index in [1.165, 1.54) is 12.1 Å². The zero-order valence-electron chi connectivity index (χ0n) is 15.8. The summed E-state index contributed by atoms with van der Waals surface area (Å²) in [4.78, 5) is 37.2. The van der Waals surface area contributed by atoms with Gasteiger partial charge in [-0.3, -0.25) is 9.59 Å². The monoisotopic (exact) mass is 399 g/mol. The van der Waals surface area contributed by atoms with E-state index in [-0.39, 0.29) is 23.6 Å². The number of hydrogen-bond acceptors (Lipinski definition) is 3. The van der Waals surface area contributed by atoms with Crippen LogP contribution in [-0.2, 0) is 4.79 Å². The Hall–Kier alpha value is -2.58. The van der Waals surface area contributed by atoms with Crippen LogP contribution in [0.4, 0.5) is 23.7 Å². The van der Waals surface area contributed by atoms with E-state index in [2.05, 4.69) is 10.6 Å². The third kappa shape index (κ3) is 5.71. The number of ketones is 1. The molecule has 1 saturated heterocycles. The smallest absolute Gasteiger partial charge is 0.342 e. The zero-order valence-corrected chi connectivity index (χ0v) is 15.8. The molecule has 1 fully saturated rings. The number of Topliss-reactive ketones (excluding diaryl/α,β-unsaturated/α-hetero) is 1. The Balaban J connectivity index is 1.82. The molecule has 1 aromatic carbocycles. The first kappa shape index (κ1) is 21.7. The number of alkyl halides is 3. The molecule has 1 heterocycles. The fourth-order valence-electron chi connectivity index (χ4n) is 2.95. The van der Waals surface area contributed by atoms with Gasteiger partial charge in [-0.15, -0.1) is 0 Å².